The van der Waals surface area contributed by atoms with E-state index in [9.17, 15) is 4.79 Å². The van der Waals surface area contributed by atoms with E-state index in [0.717, 1.165) is 30.4 Å². The standard InChI is InChI=1S/C19H24O3/c1-18(2,3)17-21-13-19(16(20)22-17,15-11-7-8-12-15)14-9-5-4-6-10-14/h4-6,9-11,17H,7-8,12-13H2,1-3H3/t17-,19-/m1/s1. The summed E-state index contributed by atoms with van der Waals surface area (Å²) in [4.78, 5) is 13.0. The maximum Gasteiger partial charge on any atom is 0.325 e. The van der Waals surface area contributed by atoms with E-state index >= 15 is 0 Å². The smallest absolute Gasteiger partial charge is 0.325 e. The molecule has 1 aromatic carbocycles. The normalized spacial score (nSPS) is 29.1. The molecule has 1 fully saturated rings. The van der Waals surface area contributed by atoms with E-state index in [1.807, 2.05) is 51.1 Å². The monoisotopic (exact) mass is 300 g/mol. The lowest BCUT2D eigenvalue weighted by Gasteiger charge is -2.43. The lowest BCUT2D eigenvalue weighted by molar-refractivity contribution is -0.236. The summed E-state index contributed by atoms with van der Waals surface area (Å²) >= 11 is 0. The van der Waals surface area contributed by atoms with Gasteiger partial charge in [-0.25, -0.2) is 0 Å². The van der Waals surface area contributed by atoms with Gasteiger partial charge in [-0.1, -0.05) is 62.8 Å². The van der Waals surface area contributed by atoms with Crippen LogP contribution in [0.25, 0.3) is 0 Å². The zero-order valence-electron chi connectivity index (χ0n) is 13.6. The fourth-order valence-electron chi connectivity index (χ4n) is 3.31. The van der Waals surface area contributed by atoms with Gasteiger partial charge >= 0.3 is 5.97 Å². The van der Waals surface area contributed by atoms with Crippen LogP contribution in [0.5, 0.6) is 0 Å². The molecule has 3 heteroatoms. The van der Waals surface area contributed by atoms with Crippen molar-refractivity contribution in [1.29, 1.82) is 0 Å². The predicted octanol–water partition coefficient (Wildman–Crippen LogP) is 3.98. The molecule has 0 radical (unpaired) electrons. The Labute approximate surface area is 132 Å². The largest absolute Gasteiger partial charge is 0.434 e. The van der Waals surface area contributed by atoms with Gasteiger partial charge in [0.2, 0.25) is 6.29 Å². The van der Waals surface area contributed by atoms with Gasteiger partial charge in [0.05, 0.1) is 6.61 Å². The van der Waals surface area contributed by atoms with E-state index < -0.39 is 11.7 Å². The quantitative estimate of drug-likeness (QED) is 0.612. The Hall–Kier alpha value is -1.61. The lowest BCUT2D eigenvalue weighted by Crippen LogP contribution is -2.53. The molecule has 0 amide bonds. The highest BCUT2D eigenvalue weighted by Gasteiger charge is 2.51. The number of carbonyl (C=O) groups excluding carboxylic acids is 1. The number of allylic oxidation sites excluding steroid dienone is 1. The SMILES string of the molecule is CC(C)(C)[C@@H]1OC[C@](C2=CCCC2)(c2ccccc2)C(=O)O1. The summed E-state index contributed by atoms with van der Waals surface area (Å²) in [5.74, 6) is -0.168. The van der Waals surface area contributed by atoms with Gasteiger partial charge in [0, 0.05) is 5.41 Å². The molecule has 0 bridgehead atoms. The van der Waals surface area contributed by atoms with E-state index in [4.69, 9.17) is 9.47 Å². The Kier molecular flexibility index (Phi) is 3.85. The third-order valence-electron chi connectivity index (χ3n) is 4.58. The highest BCUT2D eigenvalue weighted by Crippen LogP contribution is 2.44. The second-order valence-corrected chi connectivity index (χ2v) is 7.31. The third kappa shape index (κ3) is 2.48. The van der Waals surface area contributed by atoms with Gasteiger partial charge < -0.3 is 9.47 Å². The van der Waals surface area contributed by atoms with Crippen LogP contribution in [0.2, 0.25) is 0 Å². The van der Waals surface area contributed by atoms with Crippen LogP contribution in [0.15, 0.2) is 42.0 Å². The molecular weight excluding hydrogens is 276 g/mol. The van der Waals surface area contributed by atoms with Gasteiger partial charge in [-0.2, -0.15) is 0 Å². The van der Waals surface area contributed by atoms with Gasteiger partial charge in [-0.15, -0.1) is 0 Å². The van der Waals surface area contributed by atoms with Gasteiger partial charge in [0.25, 0.3) is 0 Å². The molecule has 0 N–H and O–H groups in total. The summed E-state index contributed by atoms with van der Waals surface area (Å²) in [6.07, 6.45) is 4.77. The van der Waals surface area contributed by atoms with Crippen molar-refractivity contribution in [2.24, 2.45) is 5.41 Å². The Morgan fingerprint density at radius 1 is 1.18 bits per heavy atom. The van der Waals surface area contributed by atoms with E-state index in [0.29, 0.717) is 6.61 Å². The maximum absolute atomic E-state index is 13.0. The zero-order chi connectivity index (χ0) is 15.8. The molecule has 2 aliphatic rings. The number of hydrogen-bond donors (Lipinski definition) is 0. The fraction of sp³-hybridized carbons (Fsp3) is 0.526. The van der Waals surface area contributed by atoms with Crippen LogP contribution in [0.3, 0.4) is 0 Å². The van der Waals surface area contributed by atoms with E-state index in [1.165, 1.54) is 0 Å². The highest BCUT2D eigenvalue weighted by atomic mass is 16.7. The molecule has 0 unspecified atom stereocenters. The van der Waals surface area contributed by atoms with Crippen LogP contribution in [-0.4, -0.2) is 18.9 Å². The molecular formula is C19H24O3. The number of esters is 1. The summed E-state index contributed by atoms with van der Waals surface area (Å²) in [5.41, 5.74) is 1.14. The van der Waals surface area contributed by atoms with Gasteiger partial charge in [0.1, 0.15) is 5.41 Å². The Bertz CT molecular complexity index is 582. The molecule has 2 atom stereocenters. The van der Waals surface area contributed by atoms with Crippen LogP contribution in [0, 0.1) is 5.41 Å². The molecule has 0 aromatic heterocycles. The van der Waals surface area contributed by atoms with Crippen molar-refractivity contribution in [2.45, 2.75) is 51.7 Å². The average Bonchev–Trinajstić information content (AvgIpc) is 3.02. The fourth-order valence-corrected chi connectivity index (χ4v) is 3.31. The number of benzene rings is 1. The number of rotatable bonds is 2. The van der Waals surface area contributed by atoms with Crippen LogP contribution >= 0.6 is 0 Å². The van der Waals surface area contributed by atoms with Crippen LogP contribution in [0.4, 0.5) is 0 Å². The molecule has 1 saturated heterocycles. The van der Waals surface area contributed by atoms with Crippen molar-refractivity contribution in [3.05, 3.63) is 47.5 Å². The third-order valence-corrected chi connectivity index (χ3v) is 4.58. The summed E-state index contributed by atoms with van der Waals surface area (Å²) in [6.45, 7) is 6.43. The second kappa shape index (κ2) is 5.54. The van der Waals surface area contributed by atoms with Crippen molar-refractivity contribution in [2.75, 3.05) is 6.61 Å². The number of ether oxygens (including phenoxy) is 2. The highest BCUT2D eigenvalue weighted by molar-refractivity contribution is 5.88. The summed E-state index contributed by atoms with van der Waals surface area (Å²) in [6, 6.07) is 9.90. The van der Waals surface area contributed by atoms with E-state index in [2.05, 4.69) is 6.08 Å². The molecule has 1 aromatic rings. The first-order chi connectivity index (χ1) is 10.4. The molecule has 1 aliphatic carbocycles. The summed E-state index contributed by atoms with van der Waals surface area (Å²) in [7, 11) is 0. The Balaban J connectivity index is 2.00. The maximum atomic E-state index is 13.0. The van der Waals surface area contributed by atoms with E-state index in [1.54, 1.807) is 0 Å². The average molecular weight is 300 g/mol. The summed E-state index contributed by atoms with van der Waals surface area (Å²) < 4.78 is 11.7. The van der Waals surface area contributed by atoms with Gasteiger partial charge in [-0.05, 0) is 24.8 Å². The molecule has 0 saturated carbocycles. The minimum absolute atomic E-state index is 0.168. The molecule has 22 heavy (non-hydrogen) atoms. The lowest BCUT2D eigenvalue weighted by atomic mass is 9.73. The number of cyclic esters (lactones) is 1. The molecule has 1 heterocycles. The minimum Gasteiger partial charge on any atom is -0.434 e. The summed E-state index contributed by atoms with van der Waals surface area (Å²) in [5, 5.41) is 0. The first-order valence-corrected chi connectivity index (χ1v) is 8.02. The van der Waals surface area contributed by atoms with Gasteiger partial charge in [0.15, 0.2) is 0 Å². The predicted molar refractivity (Wildman–Crippen MR) is 85.3 cm³/mol. The van der Waals surface area contributed by atoms with Crippen molar-refractivity contribution in [3.63, 3.8) is 0 Å². The minimum atomic E-state index is -0.764. The van der Waals surface area contributed by atoms with Crippen molar-refractivity contribution < 1.29 is 14.3 Å². The number of carbonyl (C=O) groups is 1. The second-order valence-electron chi connectivity index (χ2n) is 7.31. The Morgan fingerprint density at radius 2 is 1.91 bits per heavy atom. The topological polar surface area (TPSA) is 35.5 Å². The van der Waals surface area contributed by atoms with Crippen molar-refractivity contribution in [1.82, 2.24) is 0 Å². The first kappa shape index (κ1) is 15.3. The van der Waals surface area contributed by atoms with Crippen LogP contribution in [0.1, 0.15) is 45.6 Å². The molecule has 1 aliphatic heterocycles. The Morgan fingerprint density at radius 3 is 2.45 bits per heavy atom. The molecule has 0 spiro atoms. The van der Waals surface area contributed by atoms with Crippen LogP contribution in [-0.2, 0) is 19.7 Å². The molecule has 118 valence electrons. The van der Waals surface area contributed by atoms with Gasteiger partial charge in [-0.3, -0.25) is 4.79 Å². The van der Waals surface area contributed by atoms with Crippen LogP contribution < -0.4 is 0 Å². The number of hydrogen-bond acceptors (Lipinski definition) is 3. The first-order valence-electron chi connectivity index (χ1n) is 8.02. The zero-order valence-corrected chi connectivity index (χ0v) is 13.6. The van der Waals surface area contributed by atoms with Crippen molar-refractivity contribution >= 4 is 5.97 Å². The molecule has 3 rings (SSSR count). The molecule has 3 nitrogen and oxygen atoms in total. The van der Waals surface area contributed by atoms with Crippen molar-refractivity contribution in [3.8, 4) is 0 Å². The van der Waals surface area contributed by atoms with E-state index in [-0.39, 0.29) is 11.4 Å².